The largest absolute Gasteiger partial charge is 0.378 e. The minimum absolute atomic E-state index is 0.537. The van der Waals surface area contributed by atoms with E-state index in [1.807, 2.05) is 0 Å². The van der Waals surface area contributed by atoms with Crippen LogP contribution in [0.3, 0.4) is 0 Å². The number of benzene rings is 1. The number of hydrogen-bond acceptors (Lipinski definition) is 1. The van der Waals surface area contributed by atoms with E-state index in [1.54, 1.807) is 0 Å². The van der Waals surface area contributed by atoms with Crippen LogP contribution in [-0.4, -0.2) is 12.7 Å². The molecule has 0 radical (unpaired) electrons. The smallest absolute Gasteiger partial charge is 0.0575 e. The van der Waals surface area contributed by atoms with E-state index in [0.29, 0.717) is 12.0 Å². The van der Waals surface area contributed by atoms with Crippen LogP contribution in [0, 0.1) is 11.8 Å². The Labute approximate surface area is 118 Å². The molecular weight excluding hydrogens is 232 g/mol. The van der Waals surface area contributed by atoms with Crippen LogP contribution in [-0.2, 0) is 11.2 Å². The molecule has 0 saturated heterocycles. The van der Waals surface area contributed by atoms with Crippen LogP contribution in [0.2, 0.25) is 0 Å². The van der Waals surface area contributed by atoms with E-state index in [2.05, 4.69) is 44.2 Å². The molecule has 0 spiro atoms. The first-order valence-electron chi connectivity index (χ1n) is 7.89. The monoisotopic (exact) mass is 260 g/mol. The second-order valence-corrected chi connectivity index (χ2v) is 6.34. The molecule has 0 aliphatic heterocycles. The molecule has 2 rings (SSSR count). The lowest BCUT2D eigenvalue weighted by atomic mass is 9.89. The maximum Gasteiger partial charge on any atom is 0.0575 e. The lowest BCUT2D eigenvalue weighted by Gasteiger charge is -2.27. The van der Waals surface area contributed by atoms with Gasteiger partial charge < -0.3 is 4.74 Å². The third-order valence-electron chi connectivity index (χ3n) is 4.35. The summed E-state index contributed by atoms with van der Waals surface area (Å²) in [6.07, 6.45) is 8.18. The quantitative estimate of drug-likeness (QED) is 0.710. The van der Waals surface area contributed by atoms with Gasteiger partial charge in [0, 0.05) is 6.61 Å². The van der Waals surface area contributed by atoms with Crippen LogP contribution in [0.5, 0.6) is 0 Å². The molecule has 0 bridgehead atoms. The van der Waals surface area contributed by atoms with Crippen molar-refractivity contribution in [2.24, 2.45) is 11.8 Å². The Hall–Kier alpha value is -0.820. The fraction of sp³-hybridized carbons (Fsp3) is 0.667. The van der Waals surface area contributed by atoms with E-state index in [4.69, 9.17) is 4.74 Å². The van der Waals surface area contributed by atoms with E-state index >= 15 is 0 Å². The highest BCUT2D eigenvalue weighted by Crippen LogP contribution is 2.26. The second kappa shape index (κ2) is 7.69. The Balaban J connectivity index is 1.61. The summed E-state index contributed by atoms with van der Waals surface area (Å²) in [6.45, 7) is 5.61. The van der Waals surface area contributed by atoms with Gasteiger partial charge in [0.25, 0.3) is 0 Å². The van der Waals surface area contributed by atoms with Gasteiger partial charge in [0.1, 0.15) is 0 Å². The second-order valence-electron chi connectivity index (χ2n) is 6.34. The lowest BCUT2D eigenvalue weighted by Crippen LogP contribution is -2.22. The number of ether oxygens (including phenoxy) is 1. The zero-order valence-electron chi connectivity index (χ0n) is 12.5. The maximum absolute atomic E-state index is 6.08. The standard InChI is InChI=1S/C18H28O/c1-15-9-12-18(13-10-15)19-14-16(2)8-11-17-6-4-3-5-7-17/h3-7,15-16,18H,8-14H2,1-2H3/t15?,16-,18?/m1/s1. The lowest BCUT2D eigenvalue weighted by molar-refractivity contribution is 0.00227. The van der Waals surface area contributed by atoms with Crippen molar-refractivity contribution in [3.63, 3.8) is 0 Å². The molecule has 0 unspecified atom stereocenters. The van der Waals surface area contributed by atoms with Crippen LogP contribution >= 0.6 is 0 Å². The molecule has 19 heavy (non-hydrogen) atoms. The molecule has 1 saturated carbocycles. The van der Waals surface area contributed by atoms with Crippen LogP contribution in [0.1, 0.15) is 51.5 Å². The topological polar surface area (TPSA) is 9.23 Å². The molecule has 1 nitrogen and oxygen atoms in total. The molecule has 1 aliphatic carbocycles. The molecule has 0 heterocycles. The van der Waals surface area contributed by atoms with E-state index in [9.17, 15) is 0 Å². The van der Waals surface area contributed by atoms with Gasteiger partial charge in [-0.2, -0.15) is 0 Å². The summed E-state index contributed by atoms with van der Waals surface area (Å²) in [4.78, 5) is 0. The molecule has 1 aliphatic rings. The Morgan fingerprint density at radius 2 is 1.79 bits per heavy atom. The van der Waals surface area contributed by atoms with Gasteiger partial charge in [0.2, 0.25) is 0 Å². The van der Waals surface area contributed by atoms with E-state index in [-0.39, 0.29) is 0 Å². The van der Waals surface area contributed by atoms with Gasteiger partial charge in [-0.1, -0.05) is 44.2 Å². The third kappa shape index (κ3) is 5.36. The highest BCUT2D eigenvalue weighted by Gasteiger charge is 2.19. The van der Waals surface area contributed by atoms with Gasteiger partial charge in [-0.3, -0.25) is 0 Å². The van der Waals surface area contributed by atoms with Crippen molar-refractivity contribution in [3.05, 3.63) is 35.9 Å². The Morgan fingerprint density at radius 1 is 1.11 bits per heavy atom. The van der Waals surface area contributed by atoms with Gasteiger partial charge in [-0.25, -0.2) is 0 Å². The van der Waals surface area contributed by atoms with Gasteiger partial charge in [-0.05, 0) is 55.9 Å². The van der Waals surface area contributed by atoms with E-state index in [0.717, 1.165) is 12.5 Å². The summed E-state index contributed by atoms with van der Waals surface area (Å²) in [6, 6.07) is 10.8. The van der Waals surface area contributed by atoms with Gasteiger partial charge in [0.15, 0.2) is 0 Å². The molecule has 0 amide bonds. The summed E-state index contributed by atoms with van der Waals surface area (Å²) in [5, 5.41) is 0. The van der Waals surface area contributed by atoms with Crippen LogP contribution in [0.25, 0.3) is 0 Å². The van der Waals surface area contributed by atoms with Gasteiger partial charge in [-0.15, -0.1) is 0 Å². The normalized spacial score (nSPS) is 25.2. The van der Waals surface area contributed by atoms with E-state index in [1.165, 1.54) is 44.1 Å². The molecule has 1 aromatic carbocycles. The minimum Gasteiger partial charge on any atom is -0.378 e. The molecule has 0 N–H and O–H groups in total. The Bertz CT molecular complexity index is 338. The fourth-order valence-electron chi connectivity index (χ4n) is 2.84. The van der Waals surface area contributed by atoms with Crippen molar-refractivity contribution < 1.29 is 4.74 Å². The average molecular weight is 260 g/mol. The summed E-state index contributed by atoms with van der Waals surface area (Å²) in [5.74, 6) is 1.58. The predicted octanol–water partition coefficient (Wildman–Crippen LogP) is 4.85. The minimum atomic E-state index is 0.537. The van der Waals surface area contributed by atoms with Gasteiger partial charge in [0.05, 0.1) is 6.10 Å². The molecule has 1 heteroatoms. The number of hydrogen-bond donors (Lipinski definition) is 0. The number of rotatable bonds is 6. The van der Waals surface area contributed by atoms with Crippen molar-refractivity contribution in [3.8, 4) is 0 Å². The van der Waals surface area contributed by atoms with Crippen molar-refractivity contribution in [2.45, 2.75) is 58.5 Å². The molecular formula is C18H28O. The fourth-order valence-corrected chi connectivity index (χ4v) is 2.84. The van der Waals surface area contributed by atoms with Crippen molar-refractivity contribution in [1.29, 1.82) is 0 Å². The molecule has 106 valence electrons. The zero-order chi connectivity index (χ0) is 13.5. The van der Waals surface area contributed by atoms with Crippen molar-refractivity contribution in [2.75, 3.05) is 6.61 Å². The van der Waals surface area contributed by atoms with Crippen LogP contribution < -0.4 is 0 Å². The Kier molecular flexibility index (Phi) is 5.91. The third-order valence-corrected chi connectivity index (χ3v) is 4.35. The summed E-state index contributed by atoms with van der Waals surface area (Å²) in [5.41, 5.74) is 1.45. The molecule has 0 aromatic heterocycles. The van der Waals surface area contributed by atoms with Crippen molar-refractivity contribution in [1.82, 2.24) is 0 Å². The summed E-state index contributed by atoms with van der Waals surface area (Å²) in [7, 11) is 0. The maximum atomic E-state index is 6.08. The molecule has 1 atom stereocenters. The van der Waals surface area contributed by atoms with Gasteiger partial charge >= 0.3 is 0 Å². The summed E-state index contributed by atoms with van der Waals surface area (Å²) < 4.78 is 6.08. The average Bonchev–Trinajstić information content (AvgIpc) is 2.45. The van der Waals surface area contributed by atoms with Crippen LogP contribution in [0.15, 0.2) is 30.3 Å². The highest BCUT2D eigenvalue weighted by atomic mass is 16.5. The Morgan fingerprint density at radius 3 is 2.47 bits per heavy atom. The first-order chi connectivity index (χ1) is 9.24. The number of aryl methyl sites for hydroxylation is 1. The summed E-state index contributed by atoms with van der Waals surface area (Å²) >= 11 is 0. The molecule has 1 fully saturated rings. The SMILES string of the molecule is CC1CCC(OC[C@H](C)CCc2ccccc2)CC1. The molecule has 1 aromatic rings. The van der Waals surface area contributed by atoms with Crippen LogP contribution in [0.4, 0.5) is 0 Å². The first kappa shape index (κ1) is 14.6. The van der Waals surface area contributed by atoms with E-state index < -0.39 is 0 Å². The highest BCUT2D eigenvalue weighted by molar-refractivity contribution is 5.14. The first-order valence-corrected chi connectivity index (χ1v) is 7.89. The van der Waals surface area contributed by atoms with Crippen molar-refractivity contribution >= 4 is 0 Å². The zero-order valence-corrected chi connectivity index (χ0v) is 12.5. The predicted molar refractivity (Wildman–Crippen MR) is 81.3 cm³/mol.